The van der Waals surface area contributed by atoms with E-state index in [0.29, 0.717) is 0 Å². The first-order valence-corrected chi connectivity index (χ1v) is 12.0. The minimum atomic E-state index is 0.853. The van der Waals surface area contributed by atoms with E-state index in [9.17, 15) is 0 Å². The lowest BCUT2D eigenvalue weighted by Crippen LogP contribution is -2.15. The molecule has 2 nitrogen and oxygen atoms in total. The summed E-state index contributed by atoms with van der Waals surface area (Å²) in [6.45, 7) is 3.22. The molecule has 0 atom stereocenters. The molecule has 0 heterocycles. The third-order valence-corrected chi connectivity index (χ3v) is 6.01. The predicted octanol–water partition coefficient (Wildman–Crippen LogP) is 7.95. The Morgan fingerprint density at radius 3 is 1.82 bits per heavy atom. The van der Waals surface area contributed by atoms with Crippen LogP contribution in [0.5, 0.6) is 11.5 Å². The molecule has 0 fully saturated rings. The van der Waals surface area contributed by atoms with Gasteiger partial charge in [-0.1, -0.05) is 97.9 Å². The van der Waals surface area contributed by atoms with E-state index >= 15 is 0 Å². The standard InChI is InChI=1S/C32H33NO/c1-4-30(25-13-7-5-8-14-25)32(27-16-9-6-10-17-27)28-19-21-29(22-20-28)34-31-18-12-11-15-26(31)23-24-33(2)3/h5-22H,4,23-24H2,1-3H3/b32-30-. The van der Waals surface area contributed by atoms with Gasteiger partial charge in [0.2, 0.25) is 0 Å². The average Bonchev–Trinajstić information content (AvgIpc) is 2.88. The highest BCUT2D eigenvalue weighted by Crippen LogP contribution is 2.35. The van der Waals surface area contributed by atoms with Crippen molar-refractivity contribution in [1.82, 2.24) is 4.90 Å². The zero-order valence-corrected chi connectivity index (χ0v) is 20.4. The van der Waals surface area contributed by atoms with E-state index in [2.05, 4.69) is 129 Å². The summed E-state index contributed by atoms with van der Waals surface area (Å²) in [5.74, 6) is 1.78. The van der Waals surface area contributed by atoms with Gasteiger partial charge in [-0.2, -0.15) is 0 Å². The molecule has 0 radical (unpaired) electrons. The first-order chi connectivity index (χ1) is 16.7. The van der Waals surface area contributed by atoms with Gasteiger partial charge in [-0.05, 0) is 78.5 Å². The summed E-state index contributed by atoms with van der Waals surface area (Å²) in [7, 11) is 4.19. The van der Waals surface area contributed by atoms with Crippen LogP contribution in [0.4, 0.5) is 0 Å². The Labute approximate surface area is 204 Å². The molecule has 34 heavy (non-hydrogen) atoms. The molecule has 4 rings (SSSR count). The van der Waals surface area contributed by atoms with Gasteiger partial charge in [0, 0.05) is 6.54 Å². The third-order valence-electron chi connectivity index (χ3n) is 6.01. The van der Waals surface area contributed by atoms with Crippen molar-refractivity contribution in [3.05, 3.63) is 131 Å². The van der Waals surface area contributed by atoms with Crippen molar-refractivity contribution in [1.29, 1.82) is 0 Å². The minimum Gasteiger partial charge on any atom is -0.457 e. The number of hydrogen-bond donors (Lipinski definition) is 0. The molecule has 0 N–H and O–H groups in total. The van der Waals surface area contributed by atoms with Crippen molar-refractivity contribution in [3.63, 3.8) is 0 Å². The van der Waals surface area contributed by atoms with Crippen LogP contribution in [0.15, 0.2) is 109 Å². The topological polar surface area (TPSA) is 12.5 Å². The number of nitrogens with zero attached hydrogens (tertiary/aromatic N) is 1. The average molecular weight is 448 g/mol. The fraction of sp³-hybridized carbons (Fsp3) is 0.188. The second-order valence-corrected chi connectivity index (χ2v) is 8.73. The molecule has 4 aromatic rings. The van der Waals surface area contributed by atoms with Crippen LogP contribution in [0.2, 0.25) is 0 Å². The summed E-state index contributed by atoms with van der Waals surface area (Å²) in [6, 6.07) is 38.2. The number of hydrogen-bond acceptors (Lipinski definition) is 2. The summed E-state index contributed by atoms with van der Waals surface area (Å²) < 4.78 is 6.32. The van der Waals surface area contributed by atoms with E-state index in [0.717, 1.165) is 30.9 Å². The van der Waals surface area contributed by atoms with Gasteiger partial charge in [0.25, 0.3) is 0 Å². The maximum atomic E-state index is 6.32. The highest BCUT2D eigenvalue weighted by molar-refractivity contribution is 5.98. The van der Waals surface area contributed by atoms with Gasteiger partial charge in [-0.25, -0.2) is 0 Å². The van der Waals surface area contributed by atoms with Gasteiger partial charge in [0.1, 0.15) is 11.5 Å². The molecule has 0 aliphatic carbocycles. The minimum absolute atomic E-state index is 0.853. The lowest BCUT2D eigenvalue weighted by atomic mass is 9.88. The van der Waals surface area contributed by atoms with Crippen LogP contribution in [-0.2, 0) is 6.42 Å². The second kappa shape index (κ2) is 11.5. The van der Waals surface area contributed by atoms with E-state index in [1.165, 1.54) is 33.4 Å². The Bertz CT molecular complexity index is 1210. The van der Waals surface area contributed by atoms with Crippen LogP contribution in [0.1, 0.15) is 35.6 Å². The van der Waals surface area contributed by atoms with Gasteiger partial charge in [-0.15, -0.1) is 0 Å². The fourth-order valence-corrected chi connectivity index (χ4v) is 4.26. The summed E-state index contributed by atoms with van der Waals surface area (Å²) >= 11 is 0. The van der Waals surface area contributed by atoms with Crippen molar-refractivity contribution >= 4 is 11.1 Å². The maximum absolute atomic E-state index is 6.32. The van der Waals surface area contributed by atoms with Gasteiger partial charge < -0.3 is 9.64 Å². The first-order valence-electron chi connectivity index (χ1n) is 12.0. The van der Waals surface area contributed by atoms with Crippen molar-refractivity contribution in [2.24, 2.45) is 0 Å². The van der Waals surface area contributed by atoms with E-state index in [-0.39, 0.29) is 0 Å². The molecule has 0 aliphatic heterocycles. The third kappa shape index (κ3) is 5.84. The van der Waals surface area contributed by atoms with Crippen molar-refractivity contribution in [2.45, 2.75) is 19.8 Å². The number of benzene rings is 4. The molecule has 2 heteroatoms. The van der Waals surface area contributed by atoms with Crippen LogP contribution in [-0.4, -0.2) is 25.5 Å². The zero-order chi connectivity index (χ0) is 23.8. The molecule has 4 aromatic carbocycles. The van der Waals surface area contributed by atoms with Crippen LogP contribution in [0.25, 0.3) is 11.1 Å². The number of allylic oxidation sites excluding steroid dienone is 1. The Hall–Kier alpha value is -3.62. The Morgan fingerprint density at radius 1 is 0.647 bits per heavy atom. The Kier molecular flexibility index (Phi) is 7.95. The van der Waals surface area contributed by atoms with E-state index in [4.69, 9.17) is 4.74 Å². The van der Waals surface area contributed by atoms with Crippen molar-refractivity contribution < 1.29 is 4.74 Å². The molecule has 0 saturated heterocycles. The molecule has 0 bridgehead atoms. The highest BCUT2D eigenvalue weighted by Gasteiger charge is 2.13. The molecular formula is C32H33NO. The molecule has 0 spiro atoms. The number of ether oxygens (including phenoxy) is 1. The molecule has 172 valence electrons. The Balaban J connectivity index is 1.68. The molecule has 0 unspecified atom stereocenters. The Morgan fingerprint density at radius 2 is 1.21 bits per heavy atom. The molecule has 0 saturated carbocycles. The smallest absolute Gasteiger partial charge is 0.130 e. The van der Waals surface area contributed by atoms with Gasteiger partial charge >= 0.3 is 0 Å². The fourth-order valence-electron chi connectivity index (χ4n) is 4.26. The van der Waals surface area contributed by atoms with Gasteiger partial charge in [0.05, 0.1) is 0 Å². The van der Waals surface area contributed by atoms with Crippen LogP contribution >= 0.6 is 0 Å². The SMILES string of the molecule is CC/C(=C(\c1ccccc1)c1ccc(Oc2ccccc2CCN(C)C)cc1)c1ccccc1. The highest BCUT2D eigenvalue weighted by atomic mass is 16.5. The monoisotopic (exact) mass is 447 g/mol. The molecular weight excluding hydrogens is 414 g/mol. The second-order valence-electron chi connectivity index (χ2n) is 8.73. The number of rotatable bonds is 9. The molecule has 0 aromatic heterocycles. The predicted molar refractivity (Wildman–Crippen MR) is 144 cm³/mol. The van der Waals surface area contributed by atoms with Crippen molar-refractivity contribution in [3.8, 4) is 11.5 Å². The lowest BCUT2D eigenvalue weighted by molar-refractivity contribution is 0.408. The number of likely N-dealkylation sites (N-methyl/N-ethyl adjacent to an activating group) is 1. The normalized spacial score (nSPS) is 11.9. The summed E-state index contributed by atoms with van der Waals surface area (Å²) in [4.78, 5) is 2.20. The largest absolute Gasteiger partial charge is 0.457 e. The summed E-state index contributed by atoms with van der Waals surface area (Å²) in [6.07, 6.45) is 1.91. The van der Waals surface area contributed by atoms with Gasteiger partial charge in [-0.3, -0.25) is 0 Å². The quantitative estimate of drug-likeness (QED) is 0.241. The summed E-state index contributed by atoms with van der Waals surface area (Å²) in [5.41, 5.74) is 7.52. The molecule has 0 aliphatic rings. The number of para-hydroxylation sites is 1. The maximum Gasteiger partial charge on any atom is 0.130 e. The van der Waals surface area contributed by atoms with E-state index in [1.54, 1.807) is 0 Å². The summed E-state index contributed by atoms with van der Waals surface area (Å²) in [5, 5.41) is 0. The van der Waals surface area contributed by atoms with Crippen LogP contribution in [0, 0.1) is 0 Å². The van der Waals surface area contributed by atoms with Crippen LogP contribution in [0.3, 0.4) is 0 Å². The van der Waals surface area contributed by atoms with E-state index < -0.39 is 0 Å². The molecule has 0 amide bonds. The van der Waals surface area contributed by atoms with Gasteiger partial charge in [0.15, 0.2) is 0 Å². The lowest BCUT2D eigenvalue weighted by Gasteiger charge is -2.17. The van der Waals surface area contributed by atoms with E-state index in [1.807, 2.05) is 6.07 Å². The first kappa shape index (κ1) is 23.5. The zero-order valence-electron chi connectivity index (χ0n) is 20.4. The van der Waals surface area contributed by atoms with Crippen molar-refractivity contribution in [2.75, 3.05) is 20.6 Å². The van der Waals surface area contributed by atoms with Crippen LogP contribution < -0.4 is 4.74 Å².